The van der Waals surface area contributed by atoms with E-state index >= 15 is 0 Å². The highest BCUT2D eigenvalue weighted by Gasteiger charge is 1.99. The zero-order chi connectivity index (χ0) is 12.7. The van der Waals surface area contributed by atoms with Gasteiger partial charge in [-0.3, -0.25) is 0 Å². The van der Waals surface area contributed by atoms with Crippen molar-refractivity contribution in [2.75, 3.05) is 6.61 Å². The average molecular weight is 226 g/mol. The monoisotopic (exact) mass is 226 g/mol. The lowest BCUT2D eigenvalue weighted by Crippen LogP contribution is -2.04. The fourth-order valence-electron chi connectivity index (χ4n) is 1.21. The zero-order valence-electron chi connectivity index (χ0n) is 9.97. The van der Waals surface area contributed by atoms with E-state index in [0.717, 1.165) is 11.3 Å². The maximum absolute atomic E-state index is 8.66. The predicted octanol–water partition coefficient (Wildman–Crippen LogP) is 3.15. The van der Waals surface area contributed by atoms with Gasteiger partial charge in [-0.15, -0.1) is 0 Å². The zero-order valence-corrected chi connectivity index (χ0v) is 9.97. The summed E-state index contributed by atoms with van der Waals surface area (Å²) in [6.45, 7) is 4.80. The quantitative estimate of drug-likeness (QED) is 0.741. The fourth-order valence-corrected chi connectivity index (χ4v) is 1.21. The molecule has 86 valence electrons. The van der Waals surface area contributed by atoms with Crippen LogP contribution in [0.1, 0.15) is 19.4 Å². The molecule has 3 nitrogen and oxygen atoms in total. The first kappa shape index (κ1) is 12.8. The van der Waals surface area contributed by atoms with Crippen LogP contribution < -0.4 is 4.74 Å². The number of benzene rings is 1. The van der Waals surface area contributed by atoms with Crippen LogP contribution in [0.2, 0.25) is 0 Å². The van der Waals surface area contributed by atoms with E-state index in [1.807, 2.05) is 36.4 Å². The fraction of sp³-hybridized carbons (Fsp3) is 0.286. The summed E-state index contributed by atoms with van der Waals surface area (Å²) in [5.41, 5.74) is 0.885. The predicted molar refractivity (Wildman–Crippen MR) is 66.0 cm³/mol. The molecule has 0 aliphatic carbocycles. The summed E-state index contributed by atoms with van der Waals surface area (Å²) in [5.74, 6) is 1.21. The minimum Gasteiger partial charge on any atom is -0.493 e. The van der Waals surface area contributed by atoms with Crippen LogP contribution in [0.4, 0.5) is 0 Å². The molecule has 17 heavy (non-hydrogen) atoms. The lowest BCUT2D eigenvalue weighted by atomic mass is 10.1. The molecule has 1 aromatic carbocycles. The Morgan fingerprint density at radius 3 is 2.65 bits per heavy atom. The molecule has 0 aliphatic heterocycles. The van der Waals surface area contributed by atoms with Crippen molar-refractivity contribution in [3.8, 4) is 17.9 Å². The van der Waals surface area contributed by atoms with Gasteiger partial charge in [0.05, 0.1) is 6.61 Å². The molecule has 0 saturated heterocycles. The van der Waals surface area contributed by atoms with Crippen molar-refractivity contribution in [1.82, 2.24) is 0 Å². The second-order valence-corrected chi connectivity index (χ2v) is 4.06. The highest BCUT2D eigenvalue weighted by atomic mass is 16.5. The number of hydrogen-bond acceptors (Lipinski definition) is 3. The standard InChI is InChI=1S/C14H14N2O/c1-11(2)10-17-14-5-3-4-12(7-14)6-13(8-15)9-16/h3-7,11H,10H2,1-2H3. The summed E-state index contributed by atoms with van der Waals surface area (Å²) >= 11 is 0. The van der Waals surface area contributed by atoms with E-state index < -0.39 is 0 Å². The molecule has 0 amide bonds. The lowest BCUT2D eigenvalue weighted by Gasteiger charge is -2.08. The van der Waals surface area contributed by atoms with Crippen LogP contribution in [0.15, 0.2) is 29.8 Å². The van der Waals surface area contributed by atoms with Crippen molar-refractivity contribution in [2.24, 2.45) is 5.92 Å². The van der Waals surface area contributed by atoms with Crippen LogP contribution in [-0.2, 0) is 0 Å². The van der Waals surface area contributed by atoms with Gasteiger partial charge in [0.15, 0.2) is 0 Å². The third-order valence-corrected chi connectivity index (χ3v) is 1.99. The van der Waals surface area contributed by atoms with Crippen molar-refractivity contribution in [3.63, 3.8) is 0 Å². The van der Waals surface area contributed by atoms with Crippen LogP contribution in [0.5, 0.6) is 5.75 Å². The molecule has 0 radical (unpaired) electrons. The van der Waals surface area contributed by atoms with E-state index in [9.17, 15) is 0 Å². The average Bonchev–Trinajstić information content (AvgIpc) is 2.34. The van der Waals surface area contributed by atoms with Crippen molar-refractivity contribution < 1.29 is 4.74 Å². The molecule has 0 fully saturated rings. The summed E-state index contributed by atoms with van der Waals surface area (Å²) in [6, 6.07) is 11.0. The molecule has 3 heteroatoms. The first-order valence-electron chi connectivity index (χ1n) is 5.40. The summed E-state index contributed by atoms with van der Waals surface area (Å²) in [7, 11) is 0. The Hall–Kier alpha value is -2.26. The third kappa shape index (κ3) is 4.40. The van der Waals surface area contributed by atoms with Gasteiger partial charge in [-0.25, -0.2) is 0 Å². The van der Waals surface area contributed by atoms with Crippen LogP contribution >= 0.6 is 0 Å². The minimum atomic E-state index is 0.0889. The second-order valence-electron chi connectivity index (χ2n) is 4.06. The maximum atomic E-state index is 8.66. The van der Waals surface area contributed by atoms with E-state index in [0.29, 0.717) is 12.5 Å². The number of hydrogen-bond donors (Lipinski definition) is 0. The minimum absolute atomic E-state index is 0.0889. The van der Waals surface area contributed by atoms with E-state index in [4.69, 9.17) is 15.3 Å². The molecule has 1 aromatic rings. The van der Waals surface area contributed by atoms with Gasteiger partial charge >= 0.3 is 0 Å². The normalized spacial score (nSPS) is 9.24. The topological polar surface area (TPSA) is 56.8 Å². The first-order chi connectivity index (χ1) is 8.15. The molecule has 0 aliphatic rings. The molecule has 0 aromatic heterocycles. The Morgan fingerprint density at radius 2 is 2.06 bits per heavy atom. The molecule has 0 saturated carbocycles. The smallest absolute Gasteiger partial charge is 0.130 e. The maximum Gasteiger partial charge on any atom is 0.130 e. The molecule has 0 atom stereocenters. The summed E-state index contributed by atoms with van der Waals surface area (Å²) < 4.78 is 5.56. The second kappa shape index (κ2) is 6.35. The summed E-state index contributed by atoms with van der Waals surface area (Å²) in [6.07, 6.45) is 1.54. The van der Waals surface area contributed by atoms with Gasteiger partial charge in [0, 0.05) is 0 Å². The Labute approximate surface area is 102 Å². The molecule has 1 rings (SSSR count). The first-order valence-corrected chi connectivity index (χ1v) is 5.40. The van der Waals surface area contributed by atoms with Crippen LogP contribution in [-0.4, -0.2) is 6.61 Å². The Balaban J connectivity index is 2.84. The van der Waals surface area contributed by atoms with Gasteiger partial charge in [0.25, 0.3) is 0 Å². The number of ether oxygens (including phenoxy) is 1. The van der Waals surface area contributed by atoms with Crippen LogP contribution in [0, 0.1) is 28.6 Å². The molecule has 0 bridgehead atoms. The van der Waals surface area contributed by atoms with Gasteiger partial charge in [-0.05, 0) is 29.7 Å². The van der Waals surface area contributed by atoms with Gasteiger partial charge < -0.3 is 4.74 Å². The van der Waals surface area contributed by atoms with E-state index in [-0.39, 0.29) is 5.57 Å². The molecule has 0 unspecified atom stereocenters. The summed E-state index contributed by atoms with van der Waals surface area (Å²) in [5, 5.41) is 17.3. The Kier molecular flexibility index (Phi) is 4.78. The van der Waals surface area contributed by atoms with E-state index in [1.165, 1.54) is 0 Å². The van der Waals surface area contributed by atoms with Gasteiger partial charge in [0.2, 0.25) is 0 Å². The van der Waals surface area contributed by atoms with Crippen LogP contribution in [0.3, 0.4) is 0 Å². The Morgan fingerprint density at radius 1 is 1.35 bits per heavy atom. The molecular formula is C14H14N2O. The number of allylic oxidation sites excluding steroid dienone is 1. The highest BCUT2D eigenvalue weighted by molar-refractivity contribution is 5.62. The van der Waals surface area contributed by atoms with Gasteiger partial charge in [0.1, 0.15) is 23.5 Å². The number of rotatable bonds is 4. The highest BCUT2D eigenvalue weighted by Crippen LogP contribution is 2.16. The van der Waals surface area contributed by atoms with Crippen molar-refractivity contribution in [3.05, 3.63) is 35.4 Å². The number of nitriles is 2. The molecule has 0 N–H and O–H groups in total. The van der Waals surface area contributed by atoms with Gasteiger partial charge in [-0.2, -0.15) is 10.5 Å². The van der Waals surface area contributed by atoms with Gasteiger partial charge in [-0.1, -0.05) is 26.0 Å². The molecular weight excluding hydrogens is 212 g/mol. The van der Waals surface area contributed by atoms with Crippen LogP contribution in [0.25, 0.3) is 6.08 Å². The lowest BCUT2D eigenvalue weighted by molar-refractivity contribution is 0.271. The summed E-state index contributed by atoms with van der Waals surface area (Å²) in [4.78, 5) is 0. The SMILES string of the molecule is CC(C)COc1cccc(C=C(C#N)C#N)c1. The van der Waals surface area contributed by atoms with E-state index in [1.54, 1.807) is 6.08 Å². The number of nitrogens with zero attached hydrogens (tertiary/aromatic N) is 2. The van der Waals surface area contributed by atoms with Crippen molar-refractivity contribution in [1.29, 1.82) is 10.5 Å². The molecule has 0 spiro atoms. The third-order valence-electron chi connectivity index (χ3n) is 1.99. The van der Waals surface area contributed by atoms with Crippen molar-refractivity contribution >= 4 is 6.08 Å². The van der Waals surface area contributed by atoms with E-state index in [2.05, 4.69) is 13.8 Å². The largest absolute Gasteiger partial charge is 0.493 e. The Bertz CT molecular complexity index is 474. The van der Waals surface area contributed by atoms with Crippen molar-refractivity contribution in [2.45, 2.75) is 13.8 Å². The molecule has 0 heterocycles.